The molecule has 2 N–H and O–H groups in total. The summed E-state index contributed by atoms with van der Waals surface area (Å²) in [5.74, 6) is 0.835. The molecule has 1 aromatic rings. The Hall–Kier alpha value is -1.03. The molecular weight excluding hydrogens is 222 g/mol. The molecule has 0 amide bonds. The topological polar surface area (TPSA) is 60.2 Å². The number of rotatable bonds is 4. The van der Waals surface area contributed by atoms with Crippen molar-refractivity contribution >= 4 is 15.5 Å². The second kappa shape index (κ2) is 4.09. The fourth-order valence-electron chi connectivity index (χ4n) is 1.80. The monoisotopic (exact) mass is 239 g/mol. The third-order valence-corrected chi connectivity index (χ3v) is 4.17. The van der Waals surface area contributed by atoms with Crippen LogP contribution in [0.1, 0.15) is 24.8 Å². The number of sulfone groups is 1. The van der Waals surface area contributed by atoms with Crippen LogP contribution in [0.15, 0.2) is 23.1 Å². The molecule has 0 radical (unpaired) electrons. The maximum Gasteiger partial charge on any atom is 0.175 e. The fourth-order valence-corrected chi connectivity index (χ4v) is 2.47. The van der Waals surface area contributed by atoms with E-state index in [1.54, 1.807) is 18.2 Å². The summed E-state index contributed by atoms with van der Waals surface area (Å²) in [5.41, 5.74) is 7.51. The summed E-state index contributed by atoms with van der Waals surface area (Å²) in [7, 11) is -3.12. The Bertz CT molecular complexity index is 490. The first-order valence-electron chi connectivity index (χ1n) is 5.55. The van der Waals surface area contributed by atoms with E-state index in [4.69, 9.17) is 5.73 Å². The lowest BCUT2D eigenvalue weighted by Crippen LogP contribution is -2.01. The van der Waals surface area contributed by atoms with E-state index < -0.39 is 9.84 Å². The molecule has 0 bridgehead atoms. The first kappa shape index (κ1) is 11.5. The van der Waals surface area contributed by atoms with Crippen molar-refractivity contribution in [1.82, 2.24) is 0 Å². The molecular formula is C12H17NO2S. The quantitative estimate of drug-likeness (QED) is 0.818. The molecule has 0 atom stereocenters. The summed E-state index contributed by atoms with van der Waals surface area (Å²) in [6.07, 6.45) is 5.86. The van der Waals surface area contributed by atoms with Crippen molar-refractivity contribution < 1.29 is 8.42 Å². The smallest absolute Gasteiger partial charge is 0.175 e. The summed E-state index contributed by atoms with van der Waals surface area (Å²) >= 11 is 0. The molecule has 4 heteroatoms. The van der Waals surface area contributed by atoms with Gasteiger partial charge in [0.15, 0.2) is 9.84 Å². The van der Waals surface area contributed by atoms with E-state index in [9.17, 15) is 8.42 Å². The van der Waals surface area contributed by atoms with Crippen molar-refractivity contribution in [2.45, 2.75) is 30.6 Å². The standard InChI is InChI=1S/C12H17NO2S/c1-16(14,15)11-6-7-12(13)10(8-11)5-4-9-2-3-9/h6-9H,2-5,13H2,1H3. The second-order valence-electron chi connectivity index (χ2n) is 4.61. The fraction of sp³-hybridized carbons (Fsp3) is 0.500. The van der Waals surface area contributed by atoms with Crippen LogP contribution < -0.4 is 5.73 Å². The molecule has 2 rings (SSSR count). The Labute approximate surface area is 96.6 Å². The minimum atomic E-state index is -3.12. The number of hydrogen-bond acceptors (Lipinski definition) is 3. The van der Waals surface area contributed by atoms with E-state index in [-0.39, 0.29) is 0 Å². The highest BCUT2D eigenvalue weighted by atomic mass is 32.2. The SMILES string of the molecule is CS(=O)(=O)c1ccc(N)c(CCC2CC2)c1. The highest BCUT2D eigenvalue weighted by Gasteiger charge is 2.21. The zero-order valence-corrected chi connectivity index (χ0v) is 10.3. The molecule has 1 aromatic carbocycles. The van der Waals surface area contributed by atoms with E-state index in [2.05, 4.69) is 0 Å². The number of nitrogens with two attached hydrogens (primary N) is 1. The van der Waals surface area contributed by atoms with Gasteiger partial charge in [-0.3, -0.25) is 0 Å². The Morgan fingerprint density at radius 2 is 2.06 bits per heavy atom. The summed E-state index contributed by atoms with van der Waals surface area (Å²) in [4.78, 5) is 0.368. The van der Waals surface area contributed by atoms with Crippen LogP contribution in [-0.2, 0) is 16.3 Å². The second-order valence-corrected chi connectivity index (χ2v) is 6.63. The van der Waals surface area contributed by atoms with Crippen molar-refractivity contribution in [2.75, 3.05) is 12.0 Å². The van der Waals surface area contributed by atoms with Gasteiger partial charge in [0, 0.05) is 11.9 Å². The van der Waals surface area contributed by atoms with Gasteiger partial charge in [0.25, 0.3) is 0 Å². The van der Waals surface area contributed by atoms with E-state index in [1.165, 1.54) is 19.1 Å². The lowest BCUT2D eigenvalue weighted by atomic mass is 10.1. The molecule has 0 aliphatic heterocycles. The van der Waals surface area contributed by atoms with Crippen LogP contribution in [0, 0.1) is 5.92 Å². The molecule has 0 unspecified atom stereocenters. The van der Waals surface area contributed by atoms with Gasteiger partial charge in [-0.2, -0.15) is 0 Å². The lowest BCUT2D eigenvalue weighted by Gasteiger charge is -2.07. The lowest BCUT2D eigenvalue weighted by molar-refractivity contribution is 0.601. The molecule has 16 heavy (non-hydrogen) atoms. The Morgan fingerprint density at radius 3 is 2.62 bits per heavy atom. The van der Waals surface area contributed by atoms with Gasteiger partial charge in [0.05, 0.1) is 4.90 Å². The number of anilines is 1. The third kappa shape index (κ3) is 2.76. The minimum absolute atomic E-state index is 0.368. The van der Waals surface area contributed by atoms with Gasteiger partial charge in [0.1, 0.15) is 0 Å². The van der Waals surface area contributed by atoms with Crippen molar-refractivity contribution in [2.24, 2.45) is 5.92 Å². The molecule has 0 heterocycles. The van der Waals surface area contributed by atoms with Crippen molar-refractivity contribution in [3.8, 4) is 0 Å². The van der Waals surface area contributed by atoms with E-state index in [1.807, 2.05) is 0 Å². The zero-order chi connectivity index (χ0) is 11.8. The number of aryl methyl sites for hydroxylation is 1. The van der Waals surface area contributed by atoms with Crippen LogP contribution in [0.4, 0.5) is 5.69 Å². The highest BCUT2D eigenvalue weighted by Crippen LogP contribution is 2.34. The molecule has 3 nitrogen and oxygen atoms in total. The first-order valence-corrected chi connectivity index (χ1v) is 7.44. The zero-order valence-electron chi connectivity index (χ0n) is 9.44. The summed E-state index contributed by atoms with van der Waals surface area (Å²) in [6.45, 7) is 0. The number of nitrogen functional groups attached to an aromatic ring is 1. The van der Waals surface area contributed by atoms with Gasteiger partial charge in [0.2, 0.25) is 0 Å². The molecule has 88 valence electrons. The molecule has 1 saturated carbocycles. The van der Waals surface area contributed by atoms with E-state index in [0.29, 0.717) is 10.6 Å². The van der Waals surface area contributed by atoms with Gasteiger partial charge in [-0.25, -0.2) is 8.42 Å². The molecule has 1 aliphatic rings. The Balaban J connectivity index is 2.21. The van der Waals surface area contributed by atoms with Gasteiger partial charge in [-0.15, -0.1) is 0 Å². The van der Waals surface area contributed by atoms with Crippen LogP contribution in [0.2, 0.25) is 0 Å². The summed E-state index contributed by atoms with van der Waals surface area (Å²) in [5, 5.41) is 0. The van der Waals surface area contributed by atoms with Crippen molar-refractivity contribution in [1.29, 1.82) is 0 Å². The van der Waals surface area contributed by atoms with Gasteiger partial charge in [-0.05, 0) is 42.5 Å². The first-order chi connectivity index (χ1) is 7.47. The Morgan fingerprint density at radius 1 is 1.38 bits per heavy atom. The van der Waals surface area contributed by atoms with E-state index >= 15 is 0 Å². The number of hydrogen-bond donors (Lipinski definition) is 1. The van der Waals surface area contributed by atoms with Crippen LogP contribution in [-0.4, -0.2) is 14.7 Å². The van der Waals surface area contributed by atoms with Gasteiger partial charge in [-0.1, -0.05) is 12.8 Å². The van der Waals surface area contributed by atoms with Crippen LogP contribution >= 0.6 is 0 Å². The van der Waals surface area contributed by atoms with Crippen LogP contribution in [0.3, 0.4) is 0 Å². The van der Waals surface area contributed by atoms with Crippen molar-refractivity contribution in [3.05, 3.63) is 23.8 Å². The maximum atomic E-state index is 11.4. The maximum absolute atomic E-state index is 11.4. The molecule has 0 saturated heterocycles. The van der Waals surface area contributed by atoms with Crippen LogP contribution in [0.25, 0.3) is 0 Å². The number of benzene rings is 1. The normalized spacial score (nSPS) is 16.3. The molecule has 0 spiro atoms. The predicted molar refractivity (Wildman–Crippen MR) is 65.0 cm³/mol. The average molecular weight is 239 g/mol. The minimum Gasteiger partial charge on any atom is -0.399 e. The van der Waals surface area contributed by atoms with Crippen LogP contribution in [0.5, 0.6) is 0 Å². The largest absolute Gasteiger partial charge is 0.399 e. The highest BCUT2D eigenvalue weighted by molar-refractivity contribution is 7.90. The Kier molecular flexibility index (Phi) is 2.93. The van der Waals surface area contributed by atoms with Gasteiger partial charge >= 0.3 is 0 Å². The molecule has 1 aliphatic carbocycles. The third-order valence-electron chi connectivity index (χ3n) is 3.06. The summed E-state index contributed by atoms with van der Waals surface area (Å²) < 4.78 is 22.8. The molecule has 1 fully saturated rings. The van der Waals surface area contributed by atoms with Gasteiger partial charge < -0.3 is 5.73 Å². The van der Waals surface area contributed by atoms with Crippen molar-refractivity contribution in [3.63, 3.8) is 0 Å². The predicted octanol–water partition coefficient (Wildman–Crippen LogP) is 2.01. The summed E-state index contributed by atoms with van der Waals surface area (Å²) in [6, 6.07) is 4.98. The molecule has 0 aromatic heterocycles. The van der Waals surface area contributed by atoms with E-state index in [0.717, 1.165) is 24.3 Å². The average Bonchev–Trinajstić information content (AvgIpc) is 2.98.